The number of hydrogen-bond donors (Lipinski definition) is 2. The maximum atomic E-state index is 10.4. The molecule has 0 fully saturated rings. The van der Waals surface area contributed by atoms with E-state index in [1.54, 1.807) is 12.5 Å². The topological polar surface area (TPSA) is 63.2 Å². The lowest BCUT2D eigenvalue weighted by Gasteiger charge is -2.10. The van der Waals surface area contributed by atoms with Crippen molar-refractivity contribution in [1.29, 1.82) is 0 Å². The van der Waals surface area contributed by atoms with Crippen LogP contribution in [0.4, 0.5) is 0 Å². The van der Waals surface area contributed by atoms with E-state index < -0.39 is 0 Å². The van der Waals surface area contributed by atoms with E-state index in [9.17, 15) is 10.2 Å². The fourth-order valence-electron chi connectivity index (χ4n) is 2.99. The van der Waals surface area contributed by atoms with Gasteiger partial charge in [-0.1, -0.05) is 37.3 Å². The summed E-state index contributed by atoms with van der Waals surface area (Å²) in [6.45, 7) is 3.50. The molecule has 0 saturated carbocycles. The summed E-state index contributed by atoms with van der Waals surface area (Å²) in [6.07, 6.45) is 7.04. The number of aromatic hydroxyl groups is 2. The molecule has 0 aliphatic carbocycles. The van der Waals surface area contributed by atoms with Crippen molar-refractivity contribution in [2.75, 3.05) is 0 Å². The first kappa shape index (κ1) is 15.2. The third-order valence-corrected chi connectivity index (χ3v) is 4.07. The van der Waals surface area contributed by atoms with Crippen LogP contribution in [0.25, 0.3) is 11.1 Å². The van der Waals surface area contributed by atoms with E-state index in [1.807, 2.05) is 52.6 Å². The van der Waals surface area contributed by atoms with Crippen LogP contribution in [0, 0.1) is 0 Å². The van der Waals surface area contributed by atoms with Gasteiger partial charge in [0, 0.05) is 36.7 Å². The SMILES string of the molecule is CCc1c(-c2ccccc2)c(O)c(O)n1CCCn1ccnc1. The van der Waals surface area contributed by atoms with Crippen molar-refractivity contribution in [2.45, 2.75) is 32.9 Å². The maximum Gasteiger partial charge on any atom is 0.235 e. The third-order valence-electron chi connectivity index (χ3n) is 4.07. The molecule has 3 aromatic rings. The first-order valence-electron chi connectivity index (χ1n) is 7.86. The molecule has 0 spiro atoms. The maximum absolute atomic E-state index is 10.4. The number of hydrogen-bond acceptors (Lipinski definition) is 3. The van der Waals surface area contributed by atoms with Crippen molar-refractivity contribution in [3.63, 3.8) is 0 Å². The van der Waals surface area contributed by atoms with Gasteiger partial charge in [-0.3, -0.25) is 0 Å². The van der Waals surface area contributed by atoms with E-state index >= 15 is 0 Å². The fraction of sp³-hybridized carbons (Fsp3) is 0.278. The zero-order chi connectivity index (χ0) is 16.2. The van der Waals surface area contributed by atoms with Gasteiger partial charge in [0.25, 0.3) is 0 Å². The summed E-state index contributed by atoms with van der Waals surface area (Å²) in [5.41, 5.74) is 2.61. The molecule has 0 saturated heterocycles. The molecule has 0 atom stereocenters. The summed E-state index contributed by atoms with van der Waals surface area (Å²) in [5.74, 6) is -0.0815. The zero-order valence-corrected chi connectivity index (χ0v) is 13.2. The van der Waals surface area contributed by atoms with E-state index in [0.29, 0.717) is 6.54 Å². The van der Waals surface area contributed by atoms with E-state index in [1.165, 1.54) is 0 Å². The lowest BCUT2D eigenvalue weighted by atomic mass is 10.0. The fourth-order valence-corrected chi connectivity index (χ4v) is 2.99. The van der Waals surface area contributed by atoms with Gasteiger partial charge in [0.05, 0.1) is 6.33 Å². The molecule has 1 aromatic carbocycles. The van der Waals surface area contributed by atoms with Crippen molar-refractivity contribution in [1.82, 2.24) is 14.1 Å². The Kier molecular flexibility index (Phi) is 4.37. The van der Waals surface area contributed by atoms with Gasteiger partial charge < -0.3 is 19.3 Å². The molecule has 2 N–H and O–H groups in total. The molecule has 5 heteroatoms. The molecule has 0 aliphatic heterocycles. The number of aromatic nitrogens is 3. The van der Waals surface area contributed by atoms with E-state index in [-0.39, 0.29) is 11.6 Å². The molecular formula is C18H21N3O2. The highest BCUT2D eigenvalue weighted by molar-refractivity contribution is 5.76. The van der Waals surface area contributed by atoms with Gasteiger partial charge in [-0.05, 0) is 18.4 Å². The highest BCUT2D eigenvalue weighted by atomic mass is 16.3. The van der Waals surface area contributed by atoms with Crippen LogP contribution in [-0.4, -0.2) is 24.3 Å². The van der Waals surface area contributed by atoms with Crippen LogP contribution in [0.1, 0.15) is 19.0 Å². The molecule has 2 aromatic heterocycles. The average Bonchev–Trinajstić information content (AvgIpc) is 3.17. The van der Waals surface area contributed by atoms with Gasteiger partial charge >= 0.3 is 0 Å². The van der Waals surface area contributed by atoms with Crippen LogP contribution >= 0.6 is 0 Å². The van der Waals surface area contributed by atoms with Crippen LogP contribution in [-0.2, 0) is 19.5 Å². The molecule has 23 heavy (non-hydrogen) atoms. The zero-order valence-electron chi connectivity index (χ0n) is 13.2. The molecule has 5 nitrogen and oxygen atoms in total. The Morgan fingerprint density at radius 2 is 1.87 bits per heavy atom. The minimum absolute atomic E-state index is 0.0318. The van der Waals surface area contributed by atoms with Crippen LogP contribution in [0.5, 0.6) is 11.6 Å². The van der Waals surface area contributed by atoms with Crippen LogP contribution < -0.4 is 0 Å². The lowest BCUT2D eigenvalue weighted by Crippen LogP contribution is -2.06. The van der Waals surface area contributed by atoms with Gasteiger partial charge in [-0.2, -0.15) is 0 Å². The minimum atomic E-state index is -0.0497. The van der Waals surface area contributed by atoms with Crippen molar-refractivity contribution < 1.29 is 10.2 Å². The van der Waals surface area contributed by atoms with Crippen molar-refractivity contribution >= 4 is 0 Å². The summed E-state index contributed by atoms with van der Waals surface area (Å²) in [7, 11) is 0. The van der Waals surface area contributed by atoms with Gasteiger partial charge in [0.2, 0.25) is 5.88 Å². The Morgan fingerprint density at radius 3 is 2.52 bits per heavy atom. The molecule has 0 radical (unpaired) electrons. The van der Waals surface area contributed by atoms with Crippen LogP contribution in [0.15, 0.2) is 49.1 Å². The second kappa shape index (κ2) is 6.60. The number of aryl methyl sites for hydroxylation is 1. The Bertz CT molecular complexity index is 761. The Labute approximate surface area is 135 Å². The summed E-state index contributed by atoms with van der Waals surface area (Å²) in [6, 6.07) is 9.70. The Hall–Kier alpha value is -2.69. The first-order valence-corrected chi connectivity index (χ1v) is 7.86. The molecule has 0 amide bonds. The van der Waals surface area contributed by atoms with Crippen LogP contribution in [0.2, 0.25) is 0 Å². The molecule has 0 unspecified atom stereocenters. The summed E-state index contributed by atoms with van der Waals surface area (Å²) in [5, 5.41) is 20.7. The molecule has 0 aliphatic rings. The molecule has 0 bridgehead atoms. The molecule has 3 rings (SSSR count). The molecule has 120 valence electrons. The number of benzene rings is 1. The predicted molar refractivity (Wildman–Crippen MR) is 89.4 cm³/mol. The summed E-state index contributed by atoms with van der Waals surface area (Å²) < 4.78 is 3.82. The van der Waals surface area contributed by atoms with Gasteiger partial charge in [-0.15, -0.1) is 0 Å². The van der Waals surface area contributed by atoms with Gasteiger partial charge in [0.15, 0.2) is 5.75 Å². The van der Waals surface area contributed by atoms with Crippen molar-refractivity contribution in [2.24, 2.45) is 0 Å². The average molecular weight is 311 g/mol. The minimum Gasteiger partial charge on any atom is -0.503 e. The van der Waals surface area contributed by atoms with E-state index in [4.69, 9.17) is 0 Å². The van der Waals surface area contributed by atoms with E-state index in [2.05, 4.69) is 4.98 Å². The standard InChI is InChI=1S/C18H21N3O2/c1-2-15-16(14-7-4-3-5-8-14)17(22)18(23)21(15)11-6-10-20-12-9-19-13-20/h3-5,7-9,12-13,22-23H,2,6,10-11H2,1H3. The number of rotatable bonds is 6. The summed E-state index contributed by atoms with van der Waals surface area (Å²) >= 11 is 0. The predicted octanol–water partition coefficient (Wildman–Crippen LogP) is 3.42. The summed E-state index contributed by atoms with van der Waals surface area (Å²) in [4.78, 5) is 4.02. The lowest BCUT2D eigenvalue weighted by molar-refractivity contribution is 0.365. The first-order chi connectivity index (χ1) is 11.2. The van der Waals surface area contributed by atoms with Crippen LogP contribution in [0.3, 0.4) is 0 Å². The normalized spacial score (nSPS) is 11.0. The second-order valence-corrected chi connectivity index (χ2v) is 5.52. The molecular weight excluding hydrogens is 290 g/mol. The monoisotopic (exact) mass is 311 g/mol. The number of imidazole rings is 1. The van der Waals surface area contributed by atoms with E-state index in [0.717, 1.165) is 36.2 Å². The van der Waals surface area contributed by atoms with Crippen molar-refractivity contribution in [3.8, 4) is 22.8 Å². The van der Waals surface area contributed by atoms with Gasteiger partial charge in [0.1, 0.15) is 0 Å². The Morgan fingerprint density at radius 1 is 1.09 bits per heavy atom. The smallest absolute Gasteiger partial charge is 0.235 e. The largest absolute Gasteiger partial charge is 0.503 e. The highest BCUT2D eigenvalue weighted by Gasteiger charge is 2.21. The third kappa shape index (κ3) is 2.95. The highest BCUT2D eigenvalue weighted by Crippen LogP contribution is 2.42. The molecule has 2 heterocycles. The quantitative estimate of drug-likeness (QED) is 0.733. The number of nitrogens with zero attached hydrogens (tertiary/aromatic N) is 3. The van der Waals surface area contributed by atoms with Gasteiger partial charge in [-0.25, -0.2) is 4.98 Å². The Balaban J connectivity index is 1.88. The second-order valence-electron chi connectivity index (χ2n) is 5.52. The van der Waals surface area contributed by atoms with Crippen molar-refractivity contribution in [3.05, 3.63) is 54.7 Å².